The second-order valence-corrected chi connectivity index (χ2v) is 8.26. The van der Waals surface area contributed by atoms with E-state index in [1.54, 1.807) is 0 Å². The number of carbonyl (C=O) groups excluding carboxylic acids is 3. The maximum absolute atomic E-state index is 12.7. The summed E-state index contributed by atoms with van der Waals surface area (Å²) in [6.07, 6.45) is 0.312. The Kier molecular flexibility index (Phi) is 14.1. The molecule has 180 valence electrons. The van der Waals surface area contributed by atoms with Gasteiger partial charge in [0.15, 0.2) is 0 Å². The smallest absolute Gasteiger partial charge is 0.326 e. The monoisotopic (exact) mass is 463 g/mol. The Balaban J connectivity index is 5.34. The van der Waals surface area contributed by atoms with E-state index >= 15 is 0 Å². The molecule has 0 aromatic heterocycles. The lowest BCUT2D eigenvalue weighted by Gasteiger charge is -2.27. The van der Waals surface area contributed by atoms with E-state index in [9.17, 15) is 29.4 Å². The average Bonchev–Trinajstić information content (AvgIpc) is 2.68. The van der Waals surface area contributed by atoms with E-state index in [0.717, 1.165) is 0 Å². The molecule has 0 aliphatic heterocycles. The molecule has 0 rings (SSSR count). The van der Waals surface area contributed by atoms with E-state index in [4.69, 9.17) is 11.5 Å². The molecule has 0 aromatic rings. The van der Waals surface area contributed by atoms with Gasteiger partial charge in [-0.15, -0.1) is 0 Å². The van der Waals surface area contributed by atoms with Gasteiger partial charge in [0.05, 0.1) is 12.1 Å². The van der Waals surface area contributed by atoms with Crippen molar-refractivity contribution in [3.05, 3.63) is 0 Å². The van der Waals surface area contributed by atoms with E-state index in [2.05, 4.69) is 28.6 Å². The van der Waals surface area contributed by atoms with Gasteiger partial charge in [-0.3, -0.25) is 14.4 Å². The maximum Gasteiger partial charge on any atom is 0.326 e. The topological polar surface area (TPSA) is 197 Å². The first-order chi connectivity index (χ1) is 14.4. The van der Waals surface area contributed by atoms with Gasteiger partial charge in [-0.05, 0) is 45.1 Å². The first-order valence-corrected chi connectivity index (χ1v) is 11.0. The highest BCUT2D eigenvalue weighted by atomic mass is 32.1. The number of hydrogen-bond donors (Lipinski definition) is 8. The number of unbranched alkanes of at least 4 members (excludes halogenated alkanes) is 1. The van der Waals surface area contributed by atoms with Crippen LogP contribution in [0.2, 0.25) is 0 Å². The number of rotatable bonds is 15. The lowest BCUT2D eigenvalue weighted by atomic mass is 10.0. The van der Waals surface area contributed by atoms with Crippen LogP contribution in [0.3, 0.4) is 0 Å². The standard InChI is InChI=1S/C19H37N5O6S/c1-10(2)8-14(17(27)22-13(19(29)30)6-4-5-7-20)23-18(28)15(11(3)25)24-16(26)12(21)9-31/h10-15,25,31H,4-9,20-21H2,1-3H3,(H,22,27)(H,23,28)(H,24,26)(H,29,30). The number of aliphatic hydroxyl groups excluding tert-OH is 1. The van der Waals surface area contributed by atoms with Gasteiger partial charge in [-0.1, -0.05) is 13.8 Å². The fourth-order valence-corrected chi connectivity index (χ4v) is 2.90. The molecule has 3 amide bonds. The lowest BCUT2D eigenvalue weighted by Crippen LogP contribution is -2.60. The molecule has 9 N–H and O–H groups in total. The molecule has 0 spiro atoms. The Morgan fingerprint density at radius 3 is 1.97 bits per heavy atom. The summed E-state index contributed by atoms with van der Waals surface area (Å²) in [6.45, 7) is 5.39. The number of aliphatic hydroxyl groups is 1. The van der Waals surface area contributed by atoms with Gasteiger partial charge in [-0.25, -0.2) is 4.79 Å². The number of nitrogens with one attached hydrogen (secondary N) is 3. The zero-order chi connectivity index (χ0) is 24.1. The lowest BCUT2D eigenvalue weighted by molar-refractivity contribution is -0.142. The summed E-state index contributed by atoms with van der Waals surface area (Å²) >= 11 is 3.92. The normalized spacial score (nSPS) is 16.0. The minimum Gasteiger partial charge on any atom is -0.480 e. The predicted octanol–water partition coefficient (Wildman–Crippen LogP) is -1.66. The maximum atomic E-state index is 12.7. The molecule has 0 fully saturated rings. The first kappa shape index (κ1) is 29.1. The molecule has 5 atom stereocenters. The third-order valence-electron chi connectivity index (χ3n) is 4.50. The van der Waals surface area contributed by atoms with Crippen molar-refractivity contribution < 1.29 is 29.4 Å². The third-order valence-corrected chi connectivity index (χ3v) is 4.89. The van der Waals surface area contributed by atoms with Crippen LogP contribution >= 0.6 is 12.6 Å². The number of thiol groups is 1. The highest BCUT2D eigenvalue weighted by molar-refractivity contribution is 7.80. The molecule has 12 heteroatoms. The van der Waals surface area contributed by atoms with Crippen molar-refractivity contribution in [2.45, 2.75) is 76.7 Å². The van der Waals surface area contributed by atoms with Crippen molar-refractivity contribution in [2.75, 3.05) is 12.3 Å². The number of hydrogen-bond acceptors (Lipinski definition) is 8. The highest BCUT2D eigenvalue weighted by Crippen LogP contribution is 2.08. The van der Waals surface area contributed by atoms with Gasteiger partial charge in [0.1, 0.15) is 18.1 Å². The summed E-state index contributed by atoms with van der Waals surface area (Å²) in [7, 11) is 0. The van der Waals surface area contributed by atoms with Gasteiger partial charge in [0.25, 0.3) is 0 Å². The molecule has 0 saturated heterocycles. The number of aliphatic carboxylic acids is 1. The van der Waals surface area contributed by atoms with E-state index in [-0.39, 0.29) is 24.5 Å². The van der Waals surface area contributed by atoms with Gasteiger partial charge >= 0.3 is 5.97 Å². The van der Waals surface area contributed by atoms with Crippen LogP contribution in [0.15, 0.2) is 0 Å². The van der Waals surface area contributed by atoms with Gasteiger partial charge < -0.3 is 37.6 Å². The van der Waals surface area contributed by atoms with Gasteiger partial charge in [0, 0.05) is 5.75 Å². The van der Waals surface area contributed by atoms with Crippen LogP contribution in [-0.2, 0) is 19.2 Å². The van der Waals surface area contributed by atoms with Crippen molar-refractivity contribution in [2.24, 2.45) is 17.4 Å². The SMILES string of the molecule is CC(C)CC(NC(=O)C(NC(=O)C(N)CS)C(C)O)C(=O)NC(CCCCN)C(=O)O. The molecular formula is C19H37N5O6S. The number of carbonyl (C=O) groups is 4. The molecule has 11 nitrogen and oxygen atoms in total. The summed E-state index contributed by atoms with van der Waals surface area (Å²) in [5.41, 5.74) is 11.0. The third kappa shape index (κ3) is 11.3. The van der Waals surface area contributed by atoms with Crippen LogP contribution in [0.5, 0.6) is 0 Å². The zero-order valence-corrected chi connectivity index (χ0v) is 19.2. The predicted molar refractivity (Wildman–Crippen MR) is 119 cm³/mol. The summed E-state index contributed by atoms with van der Waals surface area (Å²) in [5.74, 6) is -3.27. The average molecular weight is 464 g/mol. The second-order valence-electron chi connectivity index (χ2n) is 7.89. The van der Waals surface area contributed by atoms with Crippen molar-refractivity contribution >= 4 is 36.3 Å². The van der Waals surface area contributed by atoms with E-state index < -0.39 is 54.0 Å². The number of nitrogens with two attached hydrogens (primary N) is 2. The minimum absolute atomic E-state index is 0.00577. The molecule has 0 saturated carbocycles. The molecule has 0 radical (unpaired) electrons. The molecule has 0 heterocycles. The molecule has 0 bridgehead atoms. The van der Waals surface area contributed by atoms with E-state index in [1.165, 1.54) is 6.92 Å². The number of carboxylic acids is 1. The van der Waals surface area contributed by atoms with Crippen LogP contribution in [0.1, 0.15) is 46.5 Å². The van der Waals surface area contributed by atoms with Gasteiger partial charge in [-0.2, -0.15) is 12.6 Å². The van der Waals surface area contributed by atoms with Crippen LogP contribution in [0.25, 0.3) is 0 Å². The molecule has 0 aliphatic rings. The Bertz CT molecular complexity index is 604. The molecular weight excluding hydrogens is 426 g/mol. The zero-order valence-electron chi connectivity index (χ0n) is 18.3. The van der Waals surface area contributed by atoms with E-state index in [1.807, 2.05) is 13.8 Å². The molecule has 0 aromatic carbocycles. The van der Waals surface area contributed by atoms with Crippen LogP contribution in [-0.4, -0.2) is 76.5 Å². The molecule has 31 heavy (non-hydrogen) atoms. The largest absolute Gasteiger partial charge is 0.480 e. The molecule has 5 unspecified atom stereocenters. The van der Waals surface area contributed by atoms with Crippen LogP contribution < -0.4 is 27.4 Å². The molecule has 0 aliphatic carbocycles. The van der Waals surface area contributed by atoms with Crippen molar-refractivity contribution in [1.82, 2.24) is 16.0 Å². The summed E-state index contributed by atoms with van der Waals surface area (Å²) in [6, 6.07) is -4.50. The summed E-state index contributed by atoms with van der Waals surface area (Å²) in [4.78, 5) is 48.9. The second kappa shape index (κ2) is 15.0. The van der Waals surface area contributed by atoms with Gasteiger partial charge in [0.2, 0.25) is 17.7 Å². The van der Waals surface area contributed by atoms with Crippen molar-refractivity contribution in [1.29, 1.82) is 0 Å². The summed E-state index contributed by atoms with van der Waals surface area (Å²) < 4.78 is 0. The fourth-order valence-electron chi connectivity index (χ4n) is 2.74. The Labute approximate surface area is 188 Å². The Morgan fingerprint density at radius 2 is 1.52 bits per heavy atom. The van der Waals surface area contributed by atoms with Crippen LogP contribution in [0.4, 0.5) is 0 Å². The highest BCUT2D eigenvalue weighted by Gasteiger charge is 2.32. The number of amides is 3. The quantitative estimate of drug-likeness (QED) is 0.104. The minimum atomic E-state index is -1.35. The fraction of sp³-hybridized carbons (Fsp3) is 0.789. The van der Waals surface area contributed by atoms with Crippen LogP contribution in [0, 0.1) is 5.92 Å². The number of carboxylic acid groups (broad SMARTS) is 1. The van der Waals surface area contributed by atoms with Crippen molar-refractivity contribution in [3.63, 3.8) is 0 Å². The Morgan fingerprint density at radius 1 is 0.935 bits per heavy atom. The van der Waals surface area contributed by atoms with Crippen molar-refractivity contribution in [3.8, 4) is 0 Å². The van der Waals surface area contributed by atoms with E-state index in [0.29, 0.717) is 19.4 Å². The summed E-state index contributed by atoms with van der Waals surface area (Å²) in [5, 5.41) is 26.6. The first-order valence-electron chi connectivity index (χ1n) is 10.3. The Hall–Kier alpha value is -1.89.